The lowest BCUT2D eigenvalue weighted by atomic mass is 10.1. The van der Waals surface area contributed by atoms with Crippen LogP contribution in [-0.4, -0.2) is 14.8 Å². The third kappa shape index (κ3) is 1.83. The van der Waals surface area contributed by atoms with Gasteiger partial charge in [-0.05, 0) is 25.8 Å². The van der Waals surface area contributed by atoms with Gasteiger partial charge in [0.1, 0.15) is 0 Å². The molecule has 2 N–H and O–H groups in total. The molecule has 2 rings (SSSR count). The van der Waals surface area contributed by atoms with E-state index < -0.39 is 11.6 Å². The molecule has 0 aliphatic carbocycles. The summed E-state index contributed by atoms with van der Waals surface area (Å²) in [6.07, 6.45) is 0.788. The molecule has 0 aromatic carbocycles. The zero-order valence-corrected chi connectivity index (χ0v) is 10.5. The highest BCUT2D eigenvalue weighted by Gasteiger charge is 2.17. The maximum absolute atomic E-state index is 13.7. The van der Waals surface area contributed by atoms with Crippen LogP contribution in [-0.2, 0) is 6.42 Å². The maximum Gasteiger partial charge on any atom is 0.192 e. The normalized spacial score (nSPS) is 10.9. The topological polar surface area (TPSA) is 56.7 Å². The van der Waals surface area contributed by atoms with Crippen molar-refractivity contribution in [2.75, 3.05) is 5.73 Å². The van der Waals surface area contributed by atoms with Crippen molar-refractivity contribution in [1.82, 2.24) is 14.8 Å². The lowest BCUT2D eigenvalue weighted by Crippen LogP contribution is -2.08. The van der Waals surface area contributed by atoms with E-state index in [1.165, 1.54) is 4.68 Å². The Morgan fingerprint density at radius 3 is 2.50 bits per heavy atom. The van der Waals surface area contributed by atoms with E-state index in [0.29, 0.717) is 0 Å². The van der Waals surface area contributed by atoms with Crippen LogP contribution < -0.4 is 5.73 Å². The highest BCUT2D eigenvalue weighted by molar-refractivity contribution is 5.40. The van der Waals surface area contributed by atoms with Gasteiger partial charge in [0, 0.05) is 11.8 Å². The molecular formula is C12H14F2N4. The Hall–Kier alpha value is -1.98. The number of pyridine rings is 1. The van der Waals surface area contributed by atoms with Crippen LogP contribution in [0.4, 0.5) is 14.6 Å². The van der Waals surface area contributed by atoms with Gasteiger partial charge in [-0.15, -0.1) is 0 Å². The lowest BCUT2D eigenvalue weighted by molar-refractivity contribution is 0.562. The third-order valence-electron chi connectivity index (χ3n) is 2.93. The van der Waals surface area contributed by atoms with Crippen molar-refractivity contribution < 1.29 is 8.78 Å². The van der Waals surface area contributed by atoms with Crippen LogP contribution in [0.2, 0.25) is 0 Å². The monoisotopic (exact) mass is 252 g/mol. The number of hydrogen-bond acceptors (Lipinski definition) is 3. The highest BCUT2D eigenvalue weighted by atomic mass is 19.1. The number of aromatic nitrogens is 3. The van der Waals surface area contributed by atoms with E-state index in [1.54, 1.807) is 0 Å². The zero-order valence-electron chi connectivity index (χ0n) is 10.5. The molecule has 0 unspecified atom stereocenters. The summed E-state index contributed by atoms with van der Waals surface area (Å²) in [5.74, 6) is -2.06. The fourth-order valence-electron chi connectivity index (χ4n) is 2.01. The van der Waals surface area contributed by atoms with Crippen molar-refractivity contribution in [3.05, 3.63) is 34.7 Å². The molecule has 0 bridgehead atoms. The van der Waals surface area contributed by atoms with E-state index in [1.807, 2.05) is 20.8 Å². The second kappa shape index (κ2) is 4.36. The highest BCUT2D eigenvalue weighted by Crippen LogP contribution is 2.21. The molecule has 0 saturated heterocycles. The first-order valence-corrected chi connectivity index (χ1v) is 5.62. The Morgan fingerprint density at radius 2 is 1.94 bits per heavy atom. The van der Waals surface area contributed by atoms with Gasteiger partial charge in [-0.3, -0.25) is 0 Å². The first-order chi connectivity index (χ1) is 8.45. The lowest BCUT2D eigenvalue weighted by Gasteiger charge is -2.06. The predicted molar refractivity (Wildman–Crippen MR) is 64.5 cm³/mol. The summed E-state index contributed by atoms with van der Waals surface area (Å²) in [5, 5.41) is 4.22. The Bertz CT molecular complexity index is 605. The van der Waals surface area contributed by atoms with E-state index >= 15 is 0 Å². The van der Waals surface area contributed by atoms with Gasteiger partial charge >= 0.3 is 0 Å². The van der Waals surface area contributed by atoms with Crippen molar-refractivity contribution in [3.63, 3.8) is 0 Å². The van der Waals surface area contributed by atoms with Gasteiger partial charge in [-0.2, -0.15) is 5.10 Å². The number of nitrogens with zero attached hydrogens (tertiary/aromatic N) is 3. The van der Waals surface area contributed by atoms with Crippen LogP contribution in [0.25, 0.3) is 5.82 Å². The SMILES string of the molecule is CCc1c(C)nn(-c2nc(N)c(F)cc2F)c1C. The second-order valence-electron chi connectivity index (χ2n) is 4.08. The summed E-state index contributed by atoms with van der Waals surface area (Å²) in [4.78, 5) is 3.72. The van der Waals surface area contributed by atoms with Gasteiger partial charge < -0.3 is 5.73 Å². The van der Waals surface area contributed by atoms with Crippen LogP contribution in [0.5, 0.6) is 0 Å². The summed E-state index contributed by atoms with van der Waals surface area (Å²) in [5.41, 5.74) is 7.98. The molecule has 4 nitrogen and oxygen atoms in total. The van der Waals surface area contributed by atoms with Crippen molar-refractivity contribution in [2.24, 2.45) is 0 Å². The molecule has 2 heterocycles. The number of anilines is 1. The molecule has 0 spiro atoms. The fraction of sp³-hybridized carbons (Fsp3) is 0.333. The Morgan fingerprint density at radius 1 is 1.28 bits per heavy atom. The molecule has 0 amide bonds. The van der Waals surface area contributed by atoms with Gasteiger partial charge in [0.05, 0.1) is 5.69 Å². The van der Waals surface area contributed by atoms with Crippen LogP contribution in [0.3, 0.4) is 0 Å². The van der Waals surface area contributed by atoms with E-state index in [-0.39, 0.29) is 11.6 Å². The van der Waals surface area contributed by atoms with E-state index in [2.05, 4.69) is 10.1 Å². The smallest absolute Gasteiger partial charge is 0.192 e. The van der Waals surface area contributed by atoms with E-state index in [9.17, 15) is 8.78 Å². The standard InChI is InChI=1S/C12H14F2N4/c1-4-8-6(2)17-18(7(8)3)12-10(14)5-9(13)11(15)16-12/h5H,4H2,1-3H3,(H2,15,16). The molecule has 0 aliphatic rings. The van der Waals surface area contributed by atoms with E-state index in [0.717, 1.165) is 29.4 Å². The van der Waals surface area contributed by atoms with Gasteiger partial charge in [-0.1, -0.05) is 6.92 Å². The summed E-state index contributed by atoms with van der Waals surface area (Å²) in [6, 6.07) is 0.722. The number of halogens is 2. The fourth-order valence-corrected chi connectivity index (χ4v) is 2.01. The Balaban J connectivity index is 2.66. The summed E-state index contributed by atoms with van der Waals surface area (Å²) < 4.78 is 28.2. The molecule has 0 radical (unpaired) electrons. The zero-order chi connectivity index (χ0) is 13.4. The molecule has 0 saturated carbocycles. The van der Waals surface area contributed by atoms with Crippen LogP contribution in [0.15, 0.2) is 6.07 Å². The first kappa shape index (κ1) is 12.5. The predicted octanol–water partition coefficient (Wildman–Crippen LogP) is 2.31. The summed E-state index contributed by atoms with van der Waals surface area (Å²) in [7, 11) is 0. The molecular weight excluding hydrogens is 238 g/mol. The van der Waals surface area contributed by atoms with Crippen molar-refractivity contribution in [2.45, 2.75) is 27.2 Å². The van der Waals surface area contributed by atoms with Crippen LogP contribution in [0.1, 0.15) is 23.9 Å². The molecule has 18 heavy (non-hydrogen) atoms. The molecule has 0 atom stereocenters. The summed E-state index contributed by atoms with van der Waals surface area (Å²) >= 11 is 0. The maximum atomic E-state index is 13.7. The largest absolute Gasteiger partial charge is 0.381 e. The number of nitrogen functional groups attached to an aromatic ring is 1. The quantitative estimate of drug-likeness (QED) is 0.892. The van der Waals surface area contributed by atoms with Gasteiger partial charge in [-0.25, -0.2) is 18.4 Å². The first-order valence-electron chi connectivity index (χ1n) is 5.62. The average Bonchev–Trinajstić information content (AvgIpc) is 2.59. The van der Waals surface area contributed by atoms with Gasteiger partial charge in [0.15, 0.2) is 23.3 Å². The molecule has 0 fully saturated rings. The molecule has 2 aromatic rings. The van der Waals surface area contributed by atoms with Crippen molar-refractivity contribution in [1.29, 1.82) is 0 Å². The van der Waals surface area contributed by atoms with Gasteiger partial charge in [0.2, 0.25) is 0 Å². The van der Waals surface area contributed by atoms with Crippen LogP contribution >= 0.6 is 0 Å². The Kier molecular flexibility index (Phi) is 3.02. The number of rotatable bonds is 2. The summed E-state index contributed by atoms with van der Waals surface area (Å²) in [6.45, 7) is 5.65. The van der Waals surface area contributed by atoms with Gasteiger partial charge in [0.25, 0.3) is 0 Å². The number of nitrogens with two attached hydrogens (primary N) is 1. The van der Waals surface area contributed by atoms with E-state index in [4.69, 9.17) is 5.73 Å². The average molecular weight is 252 g/mol. The molecule has 2 aromatic heterocycles. The molecule has 96 valence electrons. The second-order valence-corrected chi connectivity index (χ2v) is 4.08. The Labute approximate surface area is 103 Å². The minimum absolute atomic E-state index is 0.0748. The minimum Gasteiger partial charge on any atom is -0.381 e. The number of aryl methyl sites for hydroxylation is 1. The molecule has 0 aliphatic heterocycles. The number of hydrogen-bond donors (Lipinski definition) is 1. The van der Waals surface area contributed by atoms with Crippen molar-refractivity contribution in [3.8, 4) is 5.82 Å². The molecule has 6 heteroatoms. The van der Waals surface area contributed by atoms with Crippen LogP contribution in [0, 0.1) is 25.5 Å². The van der Waals surface area contributed by atoms with Crippen molar-refractivity contribution >= 4 is 5.82 Å². The minimum atomic E-state index is -0.867. The third-order valence-corrected chi connectivity index (χ3v) is 2.93.